The zero-order valence-electron chi connectivity index (χ0n) is 27.3. The highest BCUT2D eigenvalue weighted by Crippen LogP contribution is 2.39. The molecule has 1 unspecified atom stereocenters. The van der Waals surface area contributed by atoms with Gasteiger partial charge in [0.2, 0.25) is 0 Å². The van der Waals surface area contributed by atoms with Gasteiger partial charge in [0.05, 0.1) is 5.92 Å². The van der Waals surface area contributed by atoms with E-state index >= 15 is 0 Å². The Kier molecular flexibility index (Phi) is 16.6. The minimum Gasteiger partial charge on any atom is -0.508 e. The predicted molar refractivity (Wildman–Crippen MR) is 170 cm³/mol. The number of carbonyl (C=O) groups is 1. The lowest BCUT2D eigenvalue weighted by atomic mass is 9.79. The minimum absolute atomic E-state index is 0.0411. The lowest BCUT2D eigenvalue weighted by molar-refractivity contribution is -0.142. The van der Waals surface area contributed by atoms with Gasteiger partial charge in [0.25, 0.3) is 0 Å². The van der Waals surface area contributed by atoms with E-state index in [4.69, 9.17) is 9.84 Å². The molecule has 2 N–H and O–H groups in total. The number of ether oxygens (including phenoxy) is 1. The van der Waals surface area contributed by atoms with Gasteiger partial charge in [-0.15, -0.1) is 0 Å². The summed E-state index contributed by atoms with van der Waals surface area (Å²) >= 11 is 0. The van der Waals surface area contributed by atoms with Gasteiger partial charge in [0.1, 0.15) is 17.1 Å². The first-order valence-electron chi connectivity index (χ1n) is 16.3. The van der Waals surface area contributed by atoms with Crippen LogP contribution < -0.4 is 4.74 Å². The monoisotopic (exact) mass is 558 g/mol. The summed E-state index contributed by atoms with van der Waals surface area (Å²) in [4.78, 5) is 10.8. The van der Waals surface area contributed by atoms with Crippen molar-refractivity contribution in [2.45, 2.75) is 163 Å². The second kappa shape index (κ2) is 18.5. The minimum atomic E-state index is -0.613. The topological polar surface area (TPSA) is 66.8 Å². The van der Waals surface area contributed by atoms with E-state index < -0.39 is 5.97 Å². The standard InChI is InChI=1S/C25H40O2.C11H22O2/c1-7-8-9-10-15-24(3,4)21-16-22(26)18-23(17-21)27-25(5,6)20-13-11-19(2)12-14-20;1-3-5-6-7-9-10(8-4-2)11(12)13/h11,16-18,20,26H,7-10,12-15H2,1-6H3;10H,3-9H2,1-2H3,(H,12,13)/t20-;/m0./s1. The van der Waals surface area contributed by atoms with Crippen molar-refractivity contribution in [2.24, 2.45) is 11.8 Å². The summed E-state index contributed by atoms with van der Waals surface area (Å²) in [6, 6.07) is 5.82. The molecule has 0 radical (unpaired) electrons. The van der Waals surface area contributed by atoms with Gasteiger partial charge >= 0.3 is 5.97 Å². The lowest BCUT2D eigenvalue weighted by Crippen LogP contribution is -2.38. The van der Waals surface area contributed by atoms with E-state index in [0.717, 1.165) is 50.7 Å². The lowest BCUT2D eigenvalue weighted by Gasteiger charge is -2.37. The summed E-state index contributed by atoms with van der Waals surface area (Å²) in [7, 11) is 0. The molecule has 0 fully saturated rings. The molecule has 4 heteroatoms. The summed E-state index contributed by atoms with van der Waals surface area (Å²) in [5, 5.41) is 19.2. The van der Waals surface area contributed by atoms with Gasteiger partial charge < -0.3 is 14.9 Å². The van der Waals surface area contributed by atoms with Crippen molar-refractivity contribution in [1.82, 2.24) is 0 Å². The number of aromatic hydroxyl groups is 1. The van der Waals surface area contributed by atoms with Crippen LogP contribution in [-0.2, 0) is 10.2 Å². The first kappa shape index (κ1) is 36.1. The summed E-state index contributed by atoms with van der Waals surface area (Å²) in [6.07, 6.45) is 19.3. The number of rotatable bonds is 17. The van der Waals surface area contributed by atoms with Crippen molar-refractivity contribution in [3.8, 4) is 11.5 Å². The quantitative estimate of drug-likeness (QED) is 0.147. The van der Waals surface area contributed by atoms with E-state index in [1.165, 1.54) is 62.5 Å². The summed E-state index contributed by atoms with van der Waals surface area (Å²) in [6.45, 7) is 17.6. The maximum absolute atomic E-state index is 10.8. The Morgan fingerprint density at radius 2 is 1.57 bits per heavy atom. The third-order valence-electron chi connectivity index (χ3n) is 8.72. The average Bonchev–Trinajstić information content (AvgIpc) is 2.88. The van der Waals surface area contributed by atoms with Crippen LogP contribution in [0.1, 0.15) is 157 Å². The molecule has 0 bridgehead atoms. The molecule has 0 heterocycles. The normalized spacial score (nSPS) is 16.5. The van der Waals surface area contributed by atoms with Crippen LogP contribution in [0.3, 0.4) is 0 Å². The molecule has 230 valence electrons. The SMILES string of the molecule is CCCCCCC(C)(C)c1cc(O)cc(OC(C)(C)[C@H]2CC=C(C)CC2)c1.CCCCCCC(CCC)C(=O)O. The molecule has 40 heavy (non-hydrogen) atoms. The van der Waals surface area contributed by atoms with Crippen molar-refractivity contribution in [3.63, 3.8) is 0 Å². The molecular formula is C36H62O4. The maximum atomic E-state index is 10.8. The van der Waals surface area contributed by atoms with E-state index in [9.17, 15) is 9.90 Å². The Bertz CT molecular complexity index is 883. The van der Waals surface area contributed by atoms with Gasteiger partial charge in [-0.3, -0.25) is 4.79 Å². The molecule has 1 aromatic carbocycles. The van der Waals surface area contributed by atoms with E-state index in [1.807, 2.05) is 13.0 Å². The van der Waals surface area contributed by atoms with Crippen LogP contribution in [0.4, 0.5) is 0 Å². The Hall–Kier alpha value is -1.97. The first-order valence-corrected chi connectivity index (χ1v) is 16.3. The van der Waals surface area contributed by atoms with Crippen LogP contribution in [0, 0.1) is 11.8 Å². The number of hydrogen-bond acceptors (Lipinski definition) is 3. The third kappa shape index (κ3) is 13.6. The fourth-order valence-corrected chi connectivity index (χ4v) is 5.71. The highest BCUT2D eigenvalue weighted by atomic mass is 16.5. The largest absolute Gasteiger partial charge is 0.508 e. The number of phenols is 1. The molecule has 0 saturated heterocycles. The van der Waals surface area contributed by atoms with E-state index in [1.54, 1.807) is 6.07 Å². The zero-order valence-corrected chi connectivity index (χ0v) is 27.3. The van der Waals surface area contributed by atoms with Gasteiger partial charge in [-0.05, 0) is 82.4 Å². The number of hydrogen-bond donors (Lipinski definition) is 2. The van der Waals surface area contributed by atoms with Crippen molar-refractivity contribution in [1.29, 1.82) is 0 Å². The van der Waals surface area contributed by atoms with Crippen LogP contribution in [0.5, 0.6) is 11.5 Å². The number of carboxylic acid groups (broad SMARTS) is 1. The molecule has 2 atom stereocenters. The molecule has 1 aliphatic carbocycles. The predicted octanol–water partition coefficient (Wildman–Crippen LogP) is 11.0. The highest BCUT2D eigenvalue weighted by Gasteiger charge is 2.33. The molecule has 0 amide bonds. The second-order valence-corrected chi connectivity index (χ2v) is 13.3. The van der Waals surface area contributed by atoms with E-state index in [-0.39, 0.29) is 16.9 Å². The smallest absolute Gasteiger partial charge is 0.306 e. The van der Waals surface area contributed by atoms with Gasteiger partial charge in [0.15, 0.2) is 0 Å². The van der Waals surface area contributed by atoms with Gasteiger partial charge in [-0.1, -0.05) is 104 Å². The number of unbranched alkanes of at least 4 members (excludes halogenated alkanes) is 6. The Morgan fingerprint density at radius 3 is 2.12 bits per heavy atom. The molecule has 1 aliphatic rings. The second-order valence-electron chi connectivity index (χ2n) is 13.3. The van der Waals surface area contributed by atoms with Crippen molar-refractivity contribution >= 4 is 5.97 Å². The molecular weight excluding hydrogens is 496 g/mol. The Morgan fingerprint density at radius 1 is 0.925 bits per heavy atom. The molecule has 0 spiro atoms. The third-order valence-corrected chi connectivity index (χ3v) is 8.72. The molecule has 2 rings (SSSR count). The number of benzene rings is 1. The van der Waals surface area contributed by atoms with E-state index in [2.05, 4.69) is 60.6 Å². The molecule has 0 aromatic heterocycles. The number of carboxylic acids is 1. The van der Waals surface area contributed by atoms with Crippen LogP contribution in [0.2, 0.25) is 0 Å². The fraction of sp³-hybridized carbons (Fsp3) is 0.750. The summed E-state index contributed by atoms with van der Waals surface area (Å²) in [5.41, 5.74) is 2.46. The zero-order chi connectivity index (χ0) is 30.2. The van der Waals surface area contributed by atoms with Crippen molar-refractivity contribution in [2.75, 3.05) is 0 Å². The molecule has 0 saturated carbocycles. The first-order chi connectivity index (χ1) is 18.9. The van der Waals surface area contributed by atoms with Gasteiger partial charge in [0, 0.05) is 12.0 Å². The maximum Gasteiger partial charge on any atom is 0.306 e. The Labute approximate surface area is 247 Å². The van der Waals surface area contributed by atoms with Crippen molar-refractivity contribution < 1.29 is 19.7 Å². The average molecular weight is 559 g/mol. The number of allylic oxidation sites excluding steroid dienone is 2. The fourth-order valence-electron chi connectivity index (χ4n) is 5.71. The summed E-state index contributed by atoms with van der Waals surface area (Å²) < 4.78 is 6.45. The summed E-state index contributed by atoms with van der Waals surface area (Å²) in [5.74, 6) is 0.900. The molecule has 1 aromatic rings. The number of phenolic OH excluding ortho intramolecular Hbond substituents is 1. The van der Waals surface area contributed by atoms with Crippen LogP contribution in [0.15, 0.2) is 29.8 Å². The highest BCUT2D eigenvalue weighted by molar-refractivity contribution is 5.69. The number of aliphatic carboxylic acids is 1. The molecule has 4 nitrogen and oxygen atoms in total. The van der Waals surface area contributed by atoms with Crippen LogP contribution in [0.25, 0.3) is 0 Å². The van der Waals surface area contributed by atoms with Gasteiger partial charge in [-0.25, -0.2) is 0 Å². The van der Waals surface area contributed by atoms with E-state index in [0.29, 0.717) is 11.7 Å². The van der Waals surface area contributed by atoms with Crippen LogP contribution >= 0.6 is 0 Å². The Balaban J connectivity index is 0.000000520. The molecule has 0 aliphatic heterocycles. The van der Waals surface area contributed by atoms with Crippen LogP contribution in [-0.4, -0.2) is 21.8 Å². The van der Waals surface area contributed by atoms with Crippen molar-refractivity contribution in [3.05, 3.63) is 35.4 Å². The van der Waals surface area contributed by atoms with Gasteiger partial charge in [-0.2, -0.15) is 0 Å².